The van der Waals surface area contributed by atoms with E-state index in [0.29, 0.717) is 30.8 Å². The Morgan fingerprint density at radius 3 is 2.92 bits per heavy atom. The summed E-state index contributed by atoms with van der Waals surface area (Å²) in [5.41, 5.74) is 0.527. The monoisotopic (exact) mass is 356 g/mol. The number of ether oxygens (including phenoxy) is 1. The zero-order valence-corrected chi connectivity index (χ0v) is 14.2. The maximum atomic E-state index is 12.7. The molecule has 1 N–H and O–H groups in total. The van der Waals surface area contributed by atoms with Crippen LogP contribution in [0.5, 0.6) is 0 Å². The summed E-state index contributed by atoms with van der Waals surface area (Å²) in [5, 5.41) is 10.3. The fourth-order valence-corrected chi connectivity index (χ4v) is 3.66. The fraction of sp³-hybridized carbons (Fsp3) is 0.444. The second-order valence-electron chi connectivity index (χ2n) is 6.52. The molecule has 0 aliphatic carbocycles. The number of hydrogen-bond donors (Lipinski definition) is 1. The number of nitrogens with one attached hydrogen (secondary N) is 1. The first kappa shape index (κ1) is 16.7. The molecule has 4 rings (SSSR count). The lowest BCUT2D eigenvalue weighted by molar-refractivity contribution is -0.143. The molecule has 3 atom stereocenters. The summed E-state index contributed by atoms with van der Waals surface area (Å²) >= 11 is 0. The van der Waals surface area contributed by atoms with Crippen LogP contribution in [0, 0.1) is 0 Å². The summed E-state index contributed by atoms with van der Waals surface area (Å²) in [6, 6.07) is 5.26. The third kappa shape index (κ3) is 3.32. The second-order valence-corrected chi connectivity index (χ2v) is 6.52. The Morgan fingerprint density at radius 1 is 1.23 bits per heavy atom. The molecule has 136 valence electrons. The molecule has 2 amide bonds. The highest BCUT2D eigenvalue weighted by atomic mass is 16.5. The van der Waals surface area contributed by atoms with E-state index in [1.54, 1.807) is 18.4 Å². The molecule has 0 saturated carbocycles. The number of likely N-dealkylation sites (tertiary alicyclic amines) is 1. The molecule has 2 aliphatic rings. The lowest BCUT2D eigenvalue weighted by atomic mass is 9.98. The Hall–Kier alpha value is -2.74. The van der Waals surface area contributed by atoms with Crippen LogP contribution in [0.4, 0.5) is 0 Å². The van der Waals surface area contributed by atoms with E-state index in [-0.39, 0.29) is 24.0 Å². The molecule has 0 bridgehead atoms. The van der Waals surface area contributed by atoms with E-state index >= 15 is 0 Å². The molecule has 4 heterocycles. The second kappa shape index (κ2) is 7.25. The highest BCUT2D eigenvalue weighted by Crippen LogP contribution is 2.32. The molecule has 0 unspecified atom stereocenters. The molecule has 0 spiro atoms. The predicted octanol–water partition coefficient (Wildman–Crippen LogP) is 1.15. The zero-order chi connectivity index (χ0) is 17.9. The van der Waals surface area contributed by atoms with Crippen molar-refractivity contribution in [2.75, 3.05) is 6.54 Å². The molecule has 26 heavy (non-hydrogen) atoms. The van der Waals surface area contributed by atoms with Crippen molar-refractivity contribution in [3.8, 4) is 0 Å². The van der Waals surface area contributed by atoms with Gasteiger partial charge in [0, 0.05) is 6.54 Å². The van der Waals surface area contributed by atoms with E-state index in [9.17, 15) is 9.59 Å². The topological polar surface area (TPSA) is 97.6 Å². The van der Waals surface area contributed by atoms with Crippen molar-refractivity contribution in [2.24, 2.45) is 0 Å². The van der Waals surface area contributed by atoms with Gasteiger partial charge in [-0.3, -0.25) is 9.59 Å². The summed E-state index contributed by atoms with van der Waals surface area (Å²) < 4.78 is 11.2. The molecule has 0 aromatic carbocycles. The quantitative estimate of drug-likeness (QED) is 0.882. The van der Waals surface area contributed by atoms with Gasteiger partial charge in [0.1, 0.15) is 11.9 Å². The Balaban J connectivity index is 1.34. The average molecular weight is 356 g/mol. The van der Waals surface area contributed by atoms with Gasteiger partial charge in [0.2, 0.25) is 5.91 Å². The van der Waals surface area contributed by atoms with Gasteiger partial charge in [-0.1, -0.05) is 0 Å². The largest absolute Gasteiger partial charge is 0.467 e. The Morgan fingerprint density at radius 2 is 2.15 bits per heavy atom. The van der Waals surface area contributed by atoms with Crippen molar-refractivity contribution in [1.29, 1.82) is 0 Å². The molecular formula is C18H20N4O4. The number of aromatic nitrogens is 2. The minimum absolute atomic E-state index is 0.00443. The fourth-order valence-electron chi connectivity index (χ4n) is 3.66. The zero-order valence-electron chi connectivity index (χ0n) is 14.2. The minimum Gasteiger partial charge on any atom is -0.467 e. The van der Waals surface area contributed by atoms with E-state index < -0.39 is 6.10 Å². The summed E-state index contributed by atoms with van der Waals surface area (Å²) in [6.07, 6.45) is 6.03. The van der Waals surface area contributed by atoms with Crippen molar-refractivity contribution in [3.05, 3.63) is 48.2 Å². The number of furan rings is 1. The van der Waals surface area contributed by atoms with Crippen LogP contribution in [0.2, 0.25) is 0 Å². The van der Waals surface area contributed by atoms with Gasteiger partial charge in [0.15, 0.2) is 0 Å². The Bertz CT molecular complexity index is 765. The molecular weight excluding hydrogens is 336 g/mol. The van der Waals surface area contributed by atoms with Gasteiger partial charge < -0.3 is 19.4 Å². The van der Waals surface area contributed by atoms with Crippen molar-refractivity contribution >= 4 is 11.8 Å². The maximum Gasteiger partial charge on any atom is 0.255 e. The normalized spacial score (nSPS) is 24.9. The number of carbonyl (C=O) groups excluding carboxylic acids is 2. The van der Waals surface area contributed by atoms with Gasteiger partial charge in [0.25, 0.3) is 5.91 Å². The van der Waals surface area contributed by atoms with Crippen LogP contribution in [-0.2, 0) is 16.1 Å². The van der Waals surface area contributed by atoms with Gasteiger partial charge >= 0.3 is 0 Å². The number of hydrogen-bond acceptors (Lipinski definition) is 6. The predicted molar refractivity (Wildman–Crippen MR) is 89.9 cm³/mol. The standard InChI is InChI=1S/C18H20N4O4/c23-17(19-11-13-2-1-9-25-13)16-4-3-14-15(26-16)6-8-22(14)18(24)12-5-7-20-21-10-12/h1-2,5,7,9-10,14-16H,3-4,6,8,11H2,(H,19,23)/t14-,15-,16-/m0/s1. The highest BCUT2D eigenvalue weighted by molar-refractivity contribution is 5.94. The van der Waals surface area contributed by atoms with Crippen LogP contribution in [0.25, 0.3) is 0 Å². The molecule has 8 nitrogen and oxygen atoms in total. The van der Waals surface area contributed by atoms with Crippen LogP contribution in [-0.4, -0.2) is 51.7 Å². The molecule has 2 aromatic heterocycles. The van der Waals surface area contributed by atoms with Crippen molar-refractivity contribution in [2.45, 2.75) is 44.1 Å². The Labute approximate surface area is 150 Å². The number of rotatable bonds is 4. The van der Waals surface area contributed by atoms with Gasteiger partial charge in [-0.25, -0.2) is 0 Å². The van der Waals surface area contributed by atoms with Gasteiger partial charge in [-0.05, 0) is 37.5 Å². The van der Waals surface area contributed by atoms with E-state index in [2.05, 4.69) is 15.5 Å². The molecule has 2 aromatic rings. The summed E-state index contributed by atoms with van der Waals surface area (Å²) in [7, 11) is 0. The first-order chi connectivity index (χ1) is 12.7. The lowest BCUT2D eigenvalue weighted by Crippen LogP contribution is -2.48. The molecule has 2 fully saturated rings. The maximum absolute atomic E-state index is 12.7. The van der Waals surface area contributed by atoms with Crippen molar-refractivity contribution in [1.82, 2.24) is 20.4 Å². The lowest BCUT2D eigenvalue weighted by Gasteiger charge is -2.35. The summed E-state index contributed by atoms with van der Waals surface area (Å²) in [6.45, 7) is 0.969. The van der Waals surface area contributed by atoms with Crippen LogP contribution >= 0.6 is 0 Å². The summed E-state index contributed by atoms with van der Waals surface area (Å²) in [4.78, 5) is 26.8. The van der Waals surface area contributed by atoms with Crippen LogP contribution in [0.1, 0.15) is 35.4 Å². The first-order valence-electron chi connectivity index (χ1n) is 8.75. The van der Waals surface area contributed by atoms with Gasteiger partial charge in [-0.15, -0.1) is 0 Å². The third-order valence-corrected chi connectivity index (χ3v) is 4.95. The van der Waals surface area contributed by atoms with Gasteiger partial charge in [-0.2, -0.15) is 10.2 Å². The van der Waals surface area contributed by atoms with Crippen molar-refractivity contribution < 1.29 is 18.7 Å². The number of fused-ring (bicyclic) bond motifs is 1. The smallest absolute Gasteiger partial charge is 0.255 e. The number of amides is 2. The SMILES string of the molecule is O=C(NCc1ccco1)[C@@H]1CC[C@H]2[C@H](CCN2C(=O)c2ccnnc2)O1. The van der Waals surface area contributed by atoms with Crippen LogP contribution in [0.3, 0.4) is 0 Å². The van der Waals surface area contributed by atoms with E-state index in [0.717, 1.165) is 12.8 Å². The van der Waals surface area contributed by atoms with Crippen LogP contribution in [0.15, 0.2) is 41.3 Å². The average Bonchev–Trinajstić information content (AvgIpc) is 3.35. The molecule has 8 heteroatoms. The van der Waals surface area contributed by atoms with Crippen molar-refractivity contribution in [3.63, 3.8) is 0 Å². The third-order valence-electron chi connectivity index (χ3n) is 4.95. The molecule has 2 saturated heterocycles. The van der Waals surface area contributed by atoms with Gasteiger partial charge in [0.05, 0.1) is 42.9 Å². The van der Waals surface area contributed by atoms with E-state index in [1.807, 2.05) is 11.0 Å². The van der Waals surface area contributed by atoms with E-state index in [4.69, 9.17) is 9.15 Å². The number of nitrogens with zero attached hydrogens (tertiary/aromatic N) is 3. The highest BCUT2D eigenvalue weighted by Gasteiger charge is 2.43. The minimum atomic E-state index is -0.483. The Kier molecular flexibility index (Phi) is 4.66. The number of carbonyl (C=O) groups is 2. The van der Waals surface area contributed by atoms with Crippen LogP contribution < -0.4 is 5.32 Å². The molecule has 0 radical (unpaired) electrons. The molecule has 2 aliphatic heterocycles. The summed E-state index contributed by atoms with van der Waals surface area (Å²) in [5.74, 6) is 0.510. The van der Waals surface area contributed by atoms with E-state index in [1.165, 1.54) is 12.4 Å². The first-order valence-corrected chi connectivity index (χ1v) is 8.75.